The van der Waals surface area contributed by atoms with E-state index in [1.54, 1.807) is 0 Å². The van der Waals surface area contributed by atoms with Crippen LogP contribution in [-0.2, 0) is 4.74 Å². The van der Waals surface area contributed by atoms with Gasteiger partial charge >= 0.3 is 0 Å². The van der Waals surface area contributed by atoms with Crippen LogP contribution >= 0.6 is 0 Å². The van der Waals surface area contributed by atoms with Crippen molar-refractivity contribution >= 4 is 11.7 Å². The van der Waals surface area contributed by atoms with E-state index >= 15 is 0 Å². The zero-order valence-corrected chi connectivity index (χ0v) is 13.1. The van der Waals surface area contributed by atoms with Crippen LogP contribution in [0, 0.1) is 5.92 Å². The lowest BCUT2D eigenvalue weighted by molar-refractivity contribution is 0.0892. The summed E-state index contributed by atoms with van der Waals surface area (Å²) >= 11 is 0. The van der Waals surface area contributed by atoms with Crippen molar-refractivity contribution in [1.29, 1.82) is 0 Å². The normalized spacial score (nSPS) is 29.5. The number of ether oxygens (including phenoxy) is 1. The fourth-order valence-corrected chi connectivity index (χ4v) is 4.09. The maximum Gasteiger partial charge on any atom is 0.269 e. The first-order chi connectivity index (χ1) is 10.7. The summed E-state index contributed by atoms with van der Waals surface area (Å²) in [5, 5.41) is 7.88. The number of nitrogens with one attached hydrogen (secondary N) is 1. The summed E-state index contributed by atoms with van der Waals surface area (Å²) in [6.45, 7) is 5.15. The summed E-state index contributed by atoms with van der Waals surface area (Å²) in [4.78, 5) is 14.5. The molecule has 1 aliphatic carbocycles. The fourth-order valence-electron chi connectivity index (χ4n) is 4.09. The molecule has 1 saturated carbocycles. The molecule has 22 heavy (non-hydrogen) atoms. The van der Waals surface area contributed by atoms with Crippen molar-refractivity contribution in [3.8, 4) is 0 Å². The largest absolute Gasteiger partial charge is 0.377 e. The van der Waals surface area contributed by atoms with Crippen molar-refractivity contribution in [1.82, 2.24) is 15.1 Å². The third-order valence-corrected chi connectivity index (χ3v) is 5.35. The highest BCUT2D eigenvalue weighted by atomic mass is 16.5. The predicted octanol–water partition coefficient (Wildman–Crippen LogP) is 1.58. The molecule has 4 rings (SSSR count). The van der Waals surface area contributed by atoms with Crippen molar-refractivity contribution < 1.29 is 9.53 Å². The van der Waals surface area contributed by atoms with Crippen LogP contribution in [0.4, 0.5) is 5.82 Å². The molecule has 2 fully saturated rings. The van der Waals surface area contributed by atoms with E-state index in [1.807, 2.05) is 10.7 Å². The number of carbonyl (C=O) groups excluding carboxylic acids is 1. The number of hydrogen-bond donors (Lipinski definition) is 1. The van der Waals surface area contributed by atoms with Crippen LogP contribution in [0.15, 0.2) is 6.07 Å². The van der Waals surface area contributed by atoms with Gasteiger partial charge in [0.25, 0.3) is 5.91 Å². The topological polar surface area (TPSA) is 59.4 Å². The highest BCUT2D eigenvalue weighted by molar-refractivity contribution is 5.94. The highest BCUT2D eigenvalue weighted by Crippen LogP contribution is 2.36. The summed E-state index contributed by atoms with van der Waals surface area (Å²) in [5.41, 5.74) is 0.719. The van der Waals surface area contributed by atoms with Gasteiger partial charge in [0.1, 0.15) is 5.69 Å². The second kappa shape index (κ2) is 5.57. The fraction of sp³-hybridized carbons (Fsp3) is 0.750. The Morgan fingerprint density at radius 2 is 2.18 bits per heavy atom. The van der Waals surface area contributed by atoms with E-state index < -0.39 is 0 Å². The first-order valence-electron chi connectivity index (χ1n) is 8.46. The van der Waals surface area contributed by atoms with Gasteiger partial charge < -0.3 is 15.0 Å². The van der Waals surface area contributed by atoms with Gasteiger partial charge in [0.15, 0.2) is 5.82 Å². The lowest BCUT2D eigenvalue weighted by Gasteiger charge is -2.33. The Morgan fingerprint density at radius 3 is 2.95 bits per heavy atom. The molecular weight excluding hydrogens is 280 g/mol. The third-order valence-electron chi connectivity index (χ3n) is 5.35. The van der Waals surface area contributed by atoms with Gasteiger partial charge in [-0.2, -0.15) is 5.10 Å². The number of nitrogens with zero attached hydrogens (tertiary/aromatic N) is 3. The quantitative estimate of drug-likeness (QED) is 0.901. The standard InChI is InChI=1S/C16H24N4O2/c1-11-10-22-7-6-19(11)15-8-13-16(21)17-9-14(20(13)18-15)12-4-2-3-5-12/h8,11-12,14H,2-7,9-10H2,1H3,(H,17,21)/t11-,14-/m1/s1. The van der Waals surface area contributed by atoms with Crippen molar-refractivity contribution in [2.45, 2.75) is 44.7 Å². The second-order valence-electron chi connectivity index (χ2n) is 6.77. The van der Waals surface area contributed by atoms with Gasteiger partial charge in [0, 0.05) is 19.2 Å². The average molecular weight is 304 g/mol. The Bertz CT molecular complexity index is 564. The Hall–Kier alpha value is -1.56. The number of anilines is 1. The van der Waals surface area contributed by atoms with Gasteiger partial charge in [-0.05, 0) is 25.7 Å². The zero-order chi connectivity index (χ0) is 15.1. The predicted molar refractivity (Wildman–Crippen MR) is 83.2 cm³/mol. The van der Waals surface area contributed by atoms with Gasteiger partial charge in [-0.15, -0.1) is 0 Å². The zero-order valence-electron chi connectivity index (χ0n) is 13.1. The lowest BCUT2D eigenvalue weighted by atomic mass is 9.96. The summed E-state index contributed by atoms with van der Waals surface area (Å²) in [6.07, 6.45) is 5.12. The van der Waals surface area contributed by atoms with E-state index in [9.17, 15) is 4.79 Å². The number of hydrogen-bond acceptors (Lipinski definition) is 4. The van der Waals surface area contributed by atoms with E-state index in [4.69, 9.17) is 9.84 Å². The number of fused-ring (bicyclic) bond motifs is 1. The molecule has 2 atom stereocenters. The van der Waals surface area contributed by atoms with Crippen LogP contribution in [0.5, 0.6) is 0 Å². The smallest absolute Gasteiger partial charge is 0.269 e. The molecule has 1 aromatic heterocycles. The SMILES string of the molecule is C[C@@H]1COCCN1c1cc2n(n1)[C@@H](C1CCCC1)CNC2=O. The minimum atomic E-state index is 0.00825. The molecule has 1 N–H and O–H groups in total. The Balaban J connectivity index is 1.66. The van der Waals surface area contributed by atoms with E-state index in [2.05, 4.69) is 17.1 Å². The van der Waals surface area contributed by atoms with Crippen LogP contribution in [0.2, 0.25) is 0 Å². The first kappa shape index (κ1) is 14.1. The minimum Gasteiger partial charge on any atom is -0.377 e. The molecule has 0 unspecified atom stereocenters. The van der Waals surface area contributed by atoms with E-state index in [0.717, 1.165) is 37.8 Å². The Labute approximate surface area is 130 Å². The molecule has 1 saturated heterocycles. The van der Waals surface area contributed by atoms with Crippen molar-refractivity contribution in [2.75, 3.05) is 31.2 Å². The van der Waals surface area contributed by atoms with Crippen LogP contribution in [0.3, 0.4) is 0 Å². The lowest BCUT2D eigenvalue weighted by Crippen LogP contribution is -2.44. The Morgan fingerprint density at radius 1 is 1.36 bits per heavy atom. The molecule has 120 valence electrons. The van der Waals surface area contributed by atoms with Gasteiger partial charge in [-0.1, -0.05) is 12.8 Å². The average Bonchev–Trinajstić information content (AvgIpc) is 3.17. The maximum atomic E-state index is 12.2. The van der Waals surface area contributed by atoms with E-state index in [0.29, 0.717) is 18.0 Å². The summed E-state index contributed by atoms with van der Waals surface area (Å²) in [5.74, 6) is 1.58. The molecule has 0 bridgehead atoms. The summed E-state index contributed by atoms with van der Waals surface area (Å²) in [6, 6.07) is 2.58. The number of aromatic nitrogens is 2. The molecule has 1 aromatic rings. The van der Waals surface area contributed by atoms with Crippen LogP contribution in [0.1, 0.15) is 49.1 Å². The summed E-state index contributed by atoms with van der Waals surface area (Å²) < 4.78 is 7.51. The number of rotatable bonds is 2. The monoisotopic (exact) mass is 304 g/mol. The Kier molecular flexibility index (Phi) is 3.56. The number of carbonyl (C=O) groups is 1. The van der Waals surface area contributed by atoms with E-state index in [-0.39, 0.29) is 5.91 Å². The van der Waals surface area contributed by atoms with Crippen LogP contribution < -0.4 is 10.2 Å². The van der Waals surface area contributed by atoms with Crippen molar-refractivity contribution in [3.05, 3.63) is 11.8 Å². The van der Waals surface area contributed by atoms with Crippen molar-refractivity contribution in [2.24, 2.45) is 5.92 Å². The molecule has 3 heterocycles. The highest BCUT2D eigenvalue weighted by Gasteiger charge is 2.35. The van der Waals surface area contributed by atoms with Gasteiger partial charge in [0.05, 0.1) is 25.3 Å². The van der Waals surface area contributed by atoms with Crippen LogP contribution in [0.25, 0.3) is 0 Å². The van der Waals surface area contributed by atoms with Crippen LogP contribution in [-0.4, -0.2) is 48.0 Å². The molecule has 6 heteroatoms. The number of morpholine rings is 1. The molecule has 6 nitrogen and oxygen atoms in total. The van der Waals surface area contributed by atoms with Gasteiger partial charge in [-0.25, -0.2) is 0 Å². The van der Waals surface area contributed by atoms with E-state index in [1.165, 1.54) is 25.7 Å². The summed E-state index contributed by atoms with van der Waals surface area (Å²) in [7, 11) is 0. The van der Waals surface area contributed by atoms with Gasteiger partial charge in [0.2, 0.25) is 0 Å². The molecule has 0 aromatic carbocycles. The first-order valence-corrected chi connectivity index (χ1v) is 8.46. The maximum absolute atomic E-state index is 12.2. The molecule has 3 aliphatic rings. The molecule has 1 amide bonds. The van der Waals surface area contributed by atoms with Crippen molar-refractivity contribution in [3.63, 3.8) is 0 Å². The third kappa shape index (κ3) is 2.29. The molecule has 0 spiro atoms. The second-order valence-corrected chi connectivity index (χ2v) is 6.77. The molecule has 0 radical (unpaired) electrons. The minimum absolute atomic E-state index is 0.00825. The number of amides is 1. The molecular formula is C16H24N4O2. The van der Waals surface area contributed by atoms with Gasteiger partial charge in [-0.3, -0.25) is 9.48 Å². The molecule has 2 aliphatic heterocycles.